The largest absolute Gasteiger partial charge is 0.381 e. The highest BCUT2D eigenvalue weighted by atomic mass is 16.5. The number of aliphatic imine (C=N–C) groups is 1. The summed E-state index contributed by atoms with van der Waals surface area (Å²) in [5, 5.41) is 3.45. The summed E-state index contributed by atoms with van der Waals surface area (Å²) in [6.45, 7) is 7.93. The smallest absolute Gasteiger partial charge is 0.193 e. The van der Waals surface area contributed by atoms with Crippen molar-refractivity contribution >= 4 is 5.96 Å². The van der Waals surface area contributed by atoms with Gasteiger partial charge in [-0.05, 0) is 31.7 Å². The first kappa shape index (κ1) is 15.3. The van der Waals surface area contributed by atoms with Crippen LogP contribution in [-0.2, 0) is 11.2 Å². The molecule has 2 heterocycles. The first-order chi connectivity index (χ1) is 10.8. The van der Waals surface area contributed by atoms with Gasteiger partial charge in [-0.1, -0.05) is 30.3 Å². The molecule has 0 radical (unpaired) electrons. The van der Waals surface area contributed by atoms with Crippen molar-refractivity contribution in [3.8, 4) is 0 Å². The summed E-state index contributed by atoms with van der Waals surface area (Å²) in [6.07, 6.45) is 3.43. The quantitative estimate of drug-likeness (QED) is 0.685. The van der Waals surface area contributed by atoms with Crippen molar-refractivity contribution in [2.45, 2.75) is 26.2 Å². The van der Waals surface area contributed by atoms with Gasteiger partial charge in [-0.15, -0.1) is 0 Å². The first-order valence-corrected chi connectivity index (χ1v) is 8.46. The van der Waals surface area contributed by atoms with Crippen LogP contribution in [0.5, 0.6) is 0 Å². The maximum atomic E-state index is 5.62. The minimum absolute atomic E-state index is 0.385. The molecule has 2 saturated heterocycles. The van der Waals surface area contributed by atoms with E-state index in [4.69, 9.17) is 9.73 Å². The van der Waals surface area contributed by atoms with Crippen molar-refractivity contribution in [1.29, 1.82) is 0 Å². The molecule has 1 aromatic carbocycles. The number of nitrogens with zero attached hydrogens (tertiary/aromatic N) is 2. The van der Waals surface area contributed by atoms with Crippen LogP contribution in [0.25, 0.3) is 0 Å². The van der Waals surface area contributed by atoms with E-state index in [2.05, 4.69) is 47.5 Å². The zero-order chi connectivity index (χ0) is 15.3. The van der Waals surface area contributed by atoms with E-state index < -0.39 is 0 Å². The Labute approximate surface area is 133 Å². The zero-order valence-electron chi connectivity index (χ0n) is 13.6. The van der Waals surface area contributed by atoms with Crippen molar-refractivity contribution in [3.05, 3.63) is 35.9 Å². The van der Waals surface area contributed by atoms with Crippen LogP contribution >= 0.6 is 0 Å². The lowest BCUT2D eigenvalue weighted by Gasteiger charge is -2.25. The number of rotatable bonds is 4. The van der Waals surface area contributed by atoms with Gasteiger partial charge in [0.05, 0.1) is 6.61 Å². The number of benzene rings is 1. The number of hydrogen-bond acceptors (Lipinski definition) is 2. The fourth-order valence-corrected chi connectivity index (χ4v) is 3.45. The van der Waals surface area contributed by atoms with E-state index in [9.17, 15) is 0 Å². The second-order valence-electron chi connectivity index (χ2n) is 6.45. The van der Waals surface area contributed by atoms with E-state index in [1.54, 1.807) is 0 Å². The van der Waals surface area contributed by atoms with E-state index in [0.29, 0.717) is 5.41 Å². The average Bonchev–Trinajstić information content (AvgIpc) is 3.18. The lowest BCUT2D eigenvalue weighted by Crippen LogP contribution is -2.41. The van der Waals surface area contributed by atoms with Gasteiger partial charge in [0.25, 0.3) is 0 Å². The predicted molar refractivity (Wildman–Crippen MR) is 90.2 cm³/mol. The lowest BCUT2D eigenvalue weighted by molar-refractivity contribution is 0.156. The summed E-state index contributed by atoms with van der Waals surface area (Å²) in [7, 11) is 0. The fraction of sp³-hybridized carbons (Fsp3) is 0.611. The van der Waals surface area contributed by atoms with Crippen LogP contribution in [0.15, 0.2) is 35.3 Å². The summed E-state index contributed by atoms with van der Waals surface area (Å²) in [5.41, 5.74) is 1.74. The van der Waals surface area contributed by atoms with Crippen LogP contribution in [-0.4, -0.2) is 50.3 Å². The van der Waals surface area contributed by atoms with E-state index in [1.165, 1.54) is 18.4 Å². The third kappa shape index (κ3) is 3.61. The Morgan fingerprint density at radius 2 is 2.18 bits per heavy atom. The fourth-order valence-electron chi connectivity index (χ4n) is 3.45. The number of hydrogen-bond donors (Lipinski definition) is 1. The Morgan fingerprint density at radius 3 is 2.91 bits per heavy atom. The number of nitrogens with one attached hydrogen (secondary N) is 1. The van der Waals surface area contributed by atoms with Gasteiger partial charge in [0.15, 0.2) is 5.96 Å². The average molecular weight is 301 g/mol. The van der Waals surface area contributed by atoms with Gasteiger partial charge in [-0.25, -0.2) is 0 Å². The van der Waals surface area contributed by atoms with Crippen LogP contribution in [0, 0.1) is 5.41 Å². The molecule has 120 valence electrons. The van der Waals surface area contributed by atoms with Gasteiger partial charge in [-0.3, -0.25) is 4.99 Å². The molecule has 2 aliphatic rings. The van der Waals surface area contributed by atoms with Crippen molar-refractivity contribution in [2.75, 3.05) is 39.4 Å². The molecule has 1 atom stereocenters. The molecule has 1 unspecified atom stereocenters. The molecular weight excluding hydrogens is 274 g/mol. The summed E-state index contributed by atoms with van der Waals surface area (Å²) in [5.74, 6) is 1.07. The van der Waals surface area contributed by atoms with Gasteiger partial charge in [-0.2, -0.15) is 0 Å². The molecule has 4 heteroatoms. The maximum Gasteiger partial charge on any atom is 0.193 e. The second kappa shape index (κ2) is 7.14. The highest BCUT2D eigenvalue weighted by Gasteiger charge is 2.42. The number of likely N-dealkylation sites (tertiary alicyclic amines) is 1. The molecule has 1 aromatic rings. The van der Waals surface area contributed by atoms with E-state index in [-0.39, 0.29) is 0 Å². The minimum atomic E-state index is 0.385. The SMILES string of the molecule is CCNC(=NCCc1ccccc1)N1CCC2(CCOC2)C1. The monoisotopic (exact) mass is 301 g/mol. The Balaban J connectivity index is 1.58. The van der Waals surface area contributed by atoms with Crippen molar-refractivity contribution in [3.63, 3.8) is 0 Å². The molecule has 1 N–H and O–H groups in total. The Bertz CT molecular complexity index is 494. The predicted octanol–water partition coefficient (Wildman–Crippen LogP) is 2.31. The molecule has 3 rings (SSSR count). The van der Waals surface area contributed by atoms with Crippen molar-refractivity contribution < 1.29 is 4.74 Å². The van der Waals surface area contributed by atoms with E-state index >= 15 is 0 Å². The third-order valence-corrected chi connectivity index (χ3v) is 4.76. The molecule has 4 nitrogen and oxygen atoms in total. The molecule has 0 bridgehead atoms. The molecule has 2 aliphatic heterocycles. The molecule has 22 heavy (non-hydrogen) atoms. The zero-order valence-corrected chi connectivity index (χ0v) is 13.6. The molecule has 0 aromatic heterocycles. The molecule has 0 aliphatic carbocycles. The van der Waals surface area contributed by atoms with Gasteiger partial charge >= 0.3 is 0 Å². The van der Waals surface area contributed by atoms with Gasteiger partial charge in [0.1, 0.15) is 0 Å². The summed E-state index contributed by atoms with van der Waals surface area (Å²) in [4.78, 5) is 7.26. The molecule has 2 fully saturated rings. The van der Waals surface area contributed by atoms with Crippen LogP contribution < -0.4 is 5.32 Å². The second-order valence-corrected chi connectivity index (χ2v) is 6.45. The normalized spacial score (nSPS) is 25.1. The lowest BCUT2D eigenvalue weighted by atomic mass is 9.87. The van der Waals surface area contributed by atoms with Crippen LogP contribution in [0.4, 0.5) is 0 Å². The minimum Gasteiger partial charge on any atom is -0.381 e. The standard InChI is InChI=1S/C18H27N3O/c1-2-19-17(20-11-8-16-6-4-3-5-7-16)21-12-9-18(14-21)10-13-22-15-18/h3-7H,2,8-15H2,1H3,(H,19,20). The first-order valence-electron chi connectivity index (χ1n) is 8.46. The van der Waals surface area contributed by atoms with Crippen molar-refractivity contribution in [2.24, 2.45) is 10.4 Å². The Hall–Kier alpha value is -1.55. The number of ether oxygens (including phenoxy) is 1. The summed E-state index contributed by atoms with van der Waals surface area (Å²) < 4.78 is 5.62. The van der Waals surface area contributed by atoms with E-state index in [1.807, 2.05) is 0 Å². The van der Waals surface area contributed by atoms with Crippen molar-refractivity contribution in [1.82, 2.24) is 10.2 Å². The Kier molecular flexibility index (Phi) is 4.98. The maximum absolute atomic E-state index is 5.62. The van der Waals surface area contributed by atoms with Gasteiger partial charge in [0.2, 0.25) is 0 Å². The van der Waals surface area contributed by atoms with Gasteiger partial charge in [0, 0.05) is 38.2 Å². The summed E-state index contributed by atoms with van der Waals surface area (Å²) >= 11 is 0. The molecule has 0 amide bonds. The molecular formula is C18H27N3O. The van der Waals surface area contributed by atoms with E-state index in [0.717, 1.165) is 51.8 Å². The van der Waals surface area contributed by atoms with Crippen LogP contribution in [0.1, 0.15) is 25.3 Å². The Morgan fingerprint density at radius 1 is 1.32 bits per heavy atom. The topological polar surface area (TPSA) is 36.9 Å². The molecule has 1 spiro atoms. The third-order valence-electron chi connectivity index (χ3n) is 4.76. The van der Waals surface area contributed by atoms with Crippen LogP contribution in [0.2, 0.25) is 0 Å². The highest BCUT2D eigenvalue weighted by Crippen LogP contribution is 2.38. The number of guanidine groups is 1. The van der Waals surface area contributed by atoms with Crippen LogP contribution in [0.3, 0.4) is 0 Å². The molecule has 0 saturated carbocycles. The van der Waals surface area contributed by atoms with Gasteiger partial charge < -0.3 is 15.0 Å². The summed E-state index contributed by atoms with van der Waals surface area (Å²) in [6, 6.07) is 10.6. The highest BCUT2D eigenvalue weighted by molar-refractivity contribution is 5.80.